The zero-order valence-corrected chi connectivity index (χ0v) is 18.8. The van der Waals surface area contributed by atoms with Crippen LogP contribution in [0.4, 0.5) is 0 Å². The zero-order chi connectivity index (χ0) is 22.6. The quantitative estimate of drug-likeness (QED) is 0.590. The van der Waals surface area contributed by atoms with Gasteiger partial charge in [0.25, 0.3) is 0 Å². The van der Waals surface area contributed by atoms with Gasteiger partial charge in [-0.3, -0.25) is 4.79 Å². The maximum atomic E-state index is 12.3. The Balaban J connectivity index is 2.17. The van der Waals surface area contributed by atoms with Crippen LogP contribution >= 0.6 is 0 Å². The van der Waals surface area contributed by atoms with Crippen LogP contribution in [0.2, 0.25) is 0 Å². The summed E-state index contributed by atoms with van der Waals surface area (Å²) in [6.45, 7) is 6.83. The van der Waals surface area contributed by atoms with E-state index in [0.29, 0.717) is 6.54 Å². The number of imidazole rings is 1. The number of benzene rings is 2. The average Bonchev–Trinajstić information content (AvgIpc) is 3.14. The molecule has 0 saturated carbocycles. The second-order valence-corrected chi connectivity index (χ2v) is 8.73. The molecular weight excluding hydrogens is 390 g/mol. The highest BCUT2D eigenvalue weighted by molar-refractivity contribution is 5.80. The lowest BCUT2D eigenvalue weighted by molar-refractivity contribution is -0.131. The standard InChI is InChI=1S/C25H31N3O3/c1-25(2,3)21(22(31-5)23(26)29)24-27-20(18-12-9-13-19(14-18)30-4)16-28(24)15-17-10-7-6-8-11-17/h6-14,16,21-22H,15H2,1-5H3,(H2,26,29)/t21-,22?/m0/s1. The topological polar surface area (TPSA) is 79.4 Å². The van der Waals surface area contributed by atoms with Gasteiger partial charge in [0.05, 0.1) is 18.7 Å². The summed E-state index contributed by atoms with van der Waals surface area (Å²) in [5, 5.41) is 0. The first-order chi connectivity index (χ1) is 14.7. The molecule has 1 heterocycles. The van der Waals surface area contributed by atoms with E-state index in [4.69, 9.17) is 20.2 Å². The Morgan fingerprint density at radius 1 is 1.10 bits per heavy atom. The molecule has 0 bridgehead atoms. The van der Waals surface area contributed by atoms with Crippen LogP contribution in [-0.4, -0.2) is 35.8 Å². The summed E-state index contributed by atoms with van der Waals surface area (Å²) in [6, 6.07) is 17.9. The van der Waals surface area contributed by atoms with Gasteiger partial charge in [0.15, 0.2) is 0 Å². The molecule has 31 heavy (non-hydrogen) atoms. The van der Waals surface area contributed by atoms with Gasteiger partial charge in [0.2, 0.25) is 5.91 Å². The molecule has 3 rings (SSSR count). The van der Waals surface area contributed by atoms with Gasteiger partial charge in [-0.1, -0.05) is 63.2 Å². The number of methoxy groups -OCH3 is 2. The van der Waals surface area contributed by atoms with E-state index < -0.39 is 12.0 Å². The molecule has 0 fully saturated rings. The lowest BCUT2D eigenvalue weighted by Gasteiger charge is -2.34. The van der Waals surface area contributed by atoms with Gasteiger partial charge >= 0.3 is 0 Å². The number of carbonyl (C=O) groups excluding carboxylic acids is 1. The van der Waals surface area contributed by atoms with Gasteiger partial charge < -0.3 is 19.8 Å². The number of aromatic nitrogens is 2. The van der Waals surface area contributed by atoms with Crippen molar-refractivity contribution >= 4 is 5.91 Å². The third-order valence-corrected chi connectivity index (χ3v) is 5.42. The van der Waals surface area contributed by atoms with Crippen LogP contribution in [0.1, 0.15) is 38.1 Å². The number of rotatable bonds is 8. The summed E-state index contributed by atoms with van der Waals surface area (Å²) in [7, 11) is 3.16. The first kappa shape index (κ1) is 22.6. The normalized spacial score (nSPS) is 13.6. The lowest BCUT2D eigenvalue weighted by Crippen LogP contribution is -2.42. The predicted octanol–water partition coefficient (Wildman–Crippen LogP) is 4.24. The SMILES string of the molecule is COc1cccc(-c2cn(Cc3ccccc3)c([C@H](C(OC)C(N)=O)C(C)(C)C)n2)c1. The predicted molar refractivity (Wildman–Crippen MR) is 122 cm³/mol. The molecule has 2 N–H and O–H groups in total. The van der Waals surface area contributed by atoms with Crippen molar-refractivity contribution in [3.8, 4) is 17.0 Å². The smallest absolute Gasteiger partial charge is 0.247 e. The molecular formula is C25H31N3O3. The van der Waals surface area contributed by atoms with E-state index in [0.717, 1.165) is 28.4 Å². The van der Waals surface area contributed by atoms with Crippen molar-refractivity contribution in [3.05, 3.63) is 72.2 Å². The Hall–Kier alpha value is -3.12. The third kappa shape index (κ3) is 5.14. The minimum absolute atomic E-state index is 0.318. The molecule has 0 aliphatic rings. The van der Waals surface area contributed by atoms with Gasteiger partial charge in [0.1, 0.15) is 17.7 Å². The number of hydrogen-bond acceptors (Lipinski definition) is 4. The van der Waals surface area contributed by atoms with E-state index >= 15 is 0 Å². The van der Waals surface area contributed by atoms with Gasteiger partial charge in [0, 0.05) is 25.4 Å². The van der Waals surface area contributed by atoms with Crippen LogP contribution in [0, 0.1) is 5.41 Å². The molecule has 1 amide bonds. The zero-order valence-electron chi connectivity index (χ0n) is 18.8. The molecule has 0 spiro atoms. The van der Waals surface area contributed by atoms with Crippen molar-refractivity contribution in [3.63, 3.8) is 0 Å². The van der Waals surface area contributed by atoms with Crippen LogP contribution in [0.5, 0.6) is 5.75 Å². The molecule has 6 heteroatoms. The van der Waals surface area contributed by atoms with Crippen molar-refractivity contribution < 1.29 is 14.3 Å². The molecule has 164 valence electrons. The van der Waals surface area contributed by atoms with Gasteiger partial charge in [-0.05, 0) is 23.1 Å². The number of nitrogens with two attached hydrogens (primary N) is 1. The van der Waals surface area contributed by atoms with E-state index in [2.05, 4.69) is 37.5 Å². The molecule has 0 radical (unpaired) electrons. The minimum atomic E-state index is -0.796. The Bertz CT molecular complexity index is 1020. The van der Waals surface area contributed by atoms with Crippen molar-refractivity contribution in [2.24, 2.45) is 11.1 Å². The Morgan fingerprint density at radius 2 is 1.81 bits per heavy atom. The van der Waals surface area contributed by atoms with Crippen LogP contribution in [0.3, 0.4) is 0 Å². The third-order valence-electron chi connectivity index (χ3n) is 5.42. The highest BCUT2D eigenvalue weighted by atomic mass is 16.5. The molecule has 2 aromatic carbocycles. The summed E-state index contributed by atoms with van der Waals surface area (Å²) in [5.41, 5.74) is 8.28. The van der Waals surface area contributed by atoms with Crippen molar-refractivity contribution in [1.29, 1.82) is 0 Å². The largest absolute Gasteiger partial charge is 0.497 e. The number of nitrogens with zero attached hydrogens (tertiary/aromatic N) is 2. The summed E-state index contributed by atoms with van der Waals surface area (Å²) in [4.78, 5) is 17.3. The molecule has 1 aromatic heterocycles. The number of amides is 1. The number of carbonyl (C=O) groups is 1. The molecule has 3 aromatic rings. The van der Waals surface area contributed by atoms with Gasteiger partial charge in [-0.2, -0.15) is 0 Å². The van der Waals surface area contributed by atoms with E-state index in [9.17, 15) is 4.79 Å². The number of hydrogen-bond donors (Lipinski definition) is 1. The van der Waals surface area contributed by atoms with Crippen molar-refractivity contribution in [2.75, 3.05) is 14.2 Å². The monoisotopic (exact) mass is 421 g/mol. The van der Waals surface area contributed by atoms with E-state index in [1.54, 1.807) is 7.11 Å². The van der Waals surface area contributed by atoms with Crippen molar-refractivity contribution in [2.45, 2.75) is 39.3 Å². The van der Waals surface area contributed by atoms with Gasteiger partial charge in [-0.25, -0.2) is 4.98 Å². The molecule has 6 nitrogen and oxygen atoms in total. The second kappa shape index (κ2) is 9.35. The fourth-order valence-corrected chi connectivity index (χ4v) is 3.90. The first-order valence-corrected chi connectivity index (χ1v) is 10.3. The molecule has 1 unspecified atom stereocenters. The summed E-state index contributed by atoms with van der Waals surface area (Å²) in [6.07, 6.45) is 1.22. The van der Waals surface area contributed by atoms with Crippen molar-refractivity contribution in [1.82, 2.24) is 9.55 Å². The Morgan fingerprint density at radius 3 is 2.39 bits per heavy atom. The van der Waals surface area contributed by atoms with E-state index in [-0.39, 0.29) is 11.3 Å². The fraction of sp³-hybridized carbons (Fsp3) is 0.360. The van der Waals surface area contributed by atoms with Crippen LogP contribution in [0.15, 0.2) is 60.8 Å². The fourth-order valence-electron chi connectivity index (χ4n) is 3.90. The van der Waals surface area contributed by atoms with Crippen LogP contribution in [-0.2, 0) is 16.1 Å². The van der Waals surface area contributed by atoms with E-state index in [1.165, 1.54) is 7.11 Å². The summed E-state index contributed by atoms with van der Waals surface area (Å²) < 4.78 is 13.0. The number of primary amides is 1. The summed E-state index contributed by atoms with van der Waals surface area (Å²) in [5.74, 6) is 0.688. The number of ether oxygens (including phenoxy) is 2. The van der Waals surface area contributed by atoms with E-state index in [1.807, 2.05) is 48.7 Å². The van der Waals surface area contributed by atoms with Gasteiger partial charge in [-0.15, -0.1) is 0 Å². The highest BCUT2D eigenvalue weighted by Crippen LogP contribution is 2.39. The Kier molecular flexibility index (Phi) is 6.81. The molecule has 0 saturated heterocycles. The minimum Gasteiger partial charge on any atom is -0.497 e. The highest BCUT2D eigenvalue weighted by Gasteiger charge is 2.40. The lowest BCUT2D eigenvalue weighted by atomic mass is 9.76. The summed E-state index contributed by atoms with van der Waals surface area (Å²) >= 11 is 0. The second-order valence-electron chi connectivity index (χ2n) is 8.73. The molecule has 0 aliphatic carbocycles. The Labute approximate surface area is 184 Å². The maximum Gasteiger partial charge on any atom is 0.247 e. The van der Waals surface area contributed by atoms with Crippen LogP contribution < -0.4 is 10.5 Å². The van der Waals surface area contributed by atoms with Crippen LogP contribution in [0.25, 0.3) is 11.3 Å². The first-order valence-electron chi connectivity index (χ1n) is 10.3. The maximum absolute atomic E-state index is 12.3. The molecule has 0 aliphatic heterocycles. The average molecular weight is 422 g/mol. The molecule has 2 atom stereocenters.